The lowest BCUT2D eigenvalue weighted by Crippen LogP contribution is -2.05. The van der Waals surface area contributed by atoms with Crippen LogP contribution >= 0.6 is 15.9 Å². The van der Waals surface area contributed by atoms with Crippen LogP contribution in [0.4, 0.5) is 0 Å². The Hall–Kier alpha value is -0.540. The lowest BCUT2D eigenvalue weighted by atomic mass is 10.0. The van der Waals surface area contributed by atoms with E-state index < -0.39 is 0 Å². The predicted octanol–water partition coefficient (Wildman–Crippen LogP) is 3.16. The SMILES string of the molecule is COc1ccc([C@H]2[C@H](CN)C2(C)C)cc1Br. The lowest BCUT2D eigenvalue weighted by Gasteiger charge is -2.07. The summed E-state index contributed by atoms with van der Waals surface area (Å²) < 4.78 is 6.25. The monoisotopic (exact) mass is 283 g/mol. The van der Waals surface area contributed by atoms with E-state index in [1.807, 2.05) is 6.07 Å². The molecular weight excluding hydrogens is 266 g/mol. The molecule has 0 heterocycles. The fourth-order valence-corrected chi connectivity index (χ4v) is 3.28. The zero-order chi connectivity index (χ0) is 11.9. The molecule has 1 aliphatic carbocycles. The Morgan fingerprint density at radius 1 is 1.44 bits per heavy atom. The quantitative estimate of drug-likeness (QED) is 0.925. The molecule has 0 radical (unpaired) electrons. The molecule has 3 heteroatoms. The van der Waals surface area contributed by atoms with Gasteiger partial charge in [0.1, 0.15) is 5.75 Å². The molecule has 1 fully saturated rings. The molecule has 2 N–H and O–H groups in total. The number of rotatable bonds is 3. The van der Waals surface area contributed by atoms with E-state index in [0.717, 1.165) is 16.8 Å². The number of hydrogen-bond acceptors (Lipinski definition) is 2. The van der Waals surface area contributed by atoms with Crippen LogP contribution in [-0.2, 0) is 0 Å². The summed E-state index contributed by atoms with van der Waals surface area (Å²) in [6.07, 6.45) is 0. The van der Waals surface area contributed by atoms with Gasteiger partial charge in [0.2, 0.25) is 0 Å². The lowest BCUT2D eigenvalue weighted by molar-refractivity contribution is 0.412. The van der Waals surface area contributed by atoms with Crippen molar-refractivity contribution in [3.63, 3.8) is 0 Å². The maximum absolute atomic E-state index is 5.79. The first-order chi connectivity index (χ1) is 7.52. The van der Waals surface area contributed by atoms with Crippen LogP contribution < -0.4 is 10.5 Å². The van der Waals surface area contributed by atoms with Crippen molar-refractivity contribution in [1.29, 1.82) is 0 Å². The van der Waals surface area contributed by atoms with Crippen LogP contribution in [0.25, 0.3) is 0 Å². The molecule has 2 atom stereocenters. The second kappa shape index (κ2) is 4.04. The van der Waals surface area contributed by atoms with Crippen LogP contribution in [0.3, 0.4) is 0 Å². The Bertz CT molecular complexity index is 403. The first-order valence-electron chi connectivity index (χ1n) is 5.56. The fourth-order valence-electron chi connectivity index (χ4n) is 2.72. The Balaban J connectivity index is 2.27. The number of hydrogen-bond donors (Lipinski definition) is 1. The van der Waals surface area contributed by atoms with Gasteiger partial charge in [0.25, 0.3) is 0 Å². The minimum absolute atomic E-state index is 0.336. The number of benzene rings is 1. The minimum atomic E-state index is 0.336. The average Bonchev–Trinajstić information content (AvgIpc) is 2.80. The van der Waals surface area contributed by atoms with E-state index in [1.54, 1.807) is 7.11 Å². The maximum atomic E-state index is 5.79. The van der Waals surface area contributed by atoms with Crippen LogP contribution in [-0.4, -0.2) is 13.7 Å². The third-order valence-electron chi connectivity index (χ3n) is 3.84. The highest BCUT2D eigenvalue weighted by molar-refractivity contribution is 9.10. The summed E-state index contributed by atoms with van der Waals surface area (Å²) in [6, 6.07) is 6.31. The van der Waals surface area contributed by atoms with Gasteiger partial charge in [-0.25, -0.2) is 0 Å². The maximum Gasteiger partial charge on any atom is 0.133 e. The van der Waals surface area contributed by atoms with Crippen LogP contribution in [0.2, 0.25) is 0 Å². The first kappa shape index (κ1) is 11.9. The van der Waals surface area contributed by atoms with Gasteiger partial charge in [-0.05, 0) is 57.4 Å². The number of methoxy groups -OCH3 is 1. The van der Waals surface area contributed by atoms with Gasteiger partial charge in [0.15, 0.2) is 0 Å². The van der Waals surface area contributed by atoms with E-state index in [0.29, 0.717) is 17.3 Å². The molecule has 1 aromatic rings. The van der Waals surface area contributed by atoms with Crippen molar-refractivity contribution in [3.8, 4) is 5.75 Å². The van der Waals surface area contributed by atoms with Gasteiger partial charge < -0.3 is 10.5 Å². The largest absolute Gasteiger partial charge is 0.496 e. The number of ether oxygens (including phenoxy) is 1. The molecule has 88 valence electrons. The smallest absolute Gasteiger partial charge is 0.133 e. The fraction of sp³-hybridized carbons (Fsp3) is 0.538. The molecule has 0 bridgehead atoms. The van der Waals surface area contributed by atoms with E-state index in [4.69, 9.17) is 10.5 Å². The average molecular weight is 284 g/mol. The molecule has 0 amide bonds. The zero-order valence-corrected chi connectivity index (χ0v) is 11.5. The van der Waals surface area contributed by atoms with Gasteiger partial charge in [0.05, 0.1) is 11.6 Å². The summed E-state index contributed by atoms with van der Waals surface area (Å²) in [7, 11) is 1.68. The van der Waals surface area contributed by atoms with Crippen LogP contribution in [0, 0.1) is 11.3 Å². The van der Waals surface area contributed by atoms with Crippen molar-refractivity contribution >= 4 is 15.9 Å². The van der Waals surface area contributed by atoms with Crippen molar-refractivity contribution in [1.82, 2.24) is 0 Å². The van der Waals surface area contributed by atoms with E-state index in [1.165, 1.54) is 5.56 Å². The third kappa shape index (κ3) is 1.76. The van der Waals surface area contributed by atoms with Gasteiger partial charge >= 0.3 is 0 Å². The van der Waals surface area contributed by atoms with Crippen LogP contribution in [0.1, 0.15) is 25.3 Å². The molecule has 1 aromatic carbocycles. The molecule has 1 aliphatic rings. The zero-order valence-electron chi connectivity index (χ0n) is 9.96. The van der Waals surface area contributed by atoms with Gasteiger partial charge in [-0.15, -0.1) is 0 Å². The predicted molar refractivity (Wildman–Crippen MR) is 69.8 cm³/mol. The molecule has 0 spiro atoms. The summed E-state index contributed by atoms with van der Waals surface area (Å²) >= 11 is 3.53. The second-order valence-corrected chi connectivity index (χ2v) is 5.89. The normalized spacial score (nSPS) is 26.6. The summed E-state index contributed by atoms with van der Waals surface area (Å²) in [5, 5.41) is 0. The Kier molecular flexibility index (Phi) is 3.01. The van der Waals surface area contributed by atoms with Crippen LogP contribution in [0.15, 0.2) is 22.7 Å². The second-order valence-electron chi connectivity index (χ2n) is 5.04. The highest BCUT2D eigenvalue weighted by Gasteiger charge is 2.57. The van der Waals surface area contributed by atoms with E-state index in [-0.39, 0.29) is 0 Å². The van der Waals surface area contributed by atoms with Crippen molar-refractivity contribution < 1.29 is 4.74 Å². The Morgan fingerprint density at radius 3 is 2.56 bits per heavy atom. The van der Waals surface area contributed by atoms with Gasteiger partial charge in [-0.1, -0.05) is 19.9 Å². The molecule has 16 heavy (non-hydrogen) atoms. The number of halogens is 1. The molecule has 2 rings (SSSR count). The molecule has 2 nitrogen and oxygen atoms in total. The molecule has 0 unspecified atom stereocenters. The van der Waals surface area contributed by atoms with Gasteiger partial charge in [-0.3, -0.25) is 0 Å². The molecule has 0 aromatic heterocycles. The molecule has 0 saturated heterocycles. The van der Waals surface area contributed by atoms with Crippen molar-refractivity contribution in [2.24, 2.45) is 17.1 Å². The van der Waals surface area contributed by atoms with Gasteiger partial charge in [0, 0.05) is 0 Å². The standard InChI is InChI=1S/C13H18BrNO/c1-13(2)9(7-15)12(13)8-4-5-11(16-3)10(14)6-8/h4-6,9,12H,7,15H2,1-3H3/t9-,12-/m0/s1. The summed E-state index contributed by atoms with van der Waals surface area (Å²) in [4.78, 5) is 0. The van der Waals surface area contributed by atoms with E-state index in [9.17, 15) is 0 Å². The van der Waals surface area contributed by atoms with Crippen molar-refractivity contribution in [2.75, 3.05) is 13.7 Å². The Morgan fingerprint density at radius 2 is 2.12 bits per heavy atom. The molecule has 0 aliphatic heterocycles. The van der Waals surface area contributed by atoms with Crippen molar-refractivity contribution in [3.05, 3.63) is 28.2 Å². The van der Waals surface area contributed by atoms with Crippen LogP contribution in [0.5, 0.6) is 5.75 Å². The molecule has 1 saturated carbocycles. The van der Waals surface area contributed by atoms with Gasteiger partial charge in [-0.2, -0.15) is 0 Å². The minimum Gasteiger partial charge on any atom is -0.496 e. The summed E-state index contributed by atoms with van der Waals surface area (Å²) in [6.45, 7) is 5.34. The highest BCUT2D eigenvalue weighted by Crippen LogP contribution is 2.64. The first-order valence-corrected chi connectivity index (χ1v) is 6.35. The molecular formula is C13H18BrNO. The summed E-state index contributed by atoms with van der Waals surface area (Å²) in [5.41, 5.74) is 7.49. The van der Waals surface area contributed by atoms with E-state index in [2.05, 4.69) is 41.9 Å². The topological polar surface area (TPSA) is 35.2 Å². The Labute approximate surface area is 105 Å². The third-order valence-corrected chi connectivity index (χ3v) is 4.46. The highest BCUT2D eigenvalue weighted by atomic mass is 79.9. The number of nitrogens with two attached hydrogens (primary N) is 1. The van der Waals surface area contributed by atoms with Crippen molar-refractivity contribution in [2.45, 2.75) is 19.8 Å². The summed E-state index contributed by atoms with van der Waals surface area (Å²) in [5.74, 6) is 2.07. The van der Waals surface area contributed by atoms with E-state index >= 15 is 0 Å².